The van der Waals surface area contributed by atoms with E-state index in [1.165, 1.54) is 12.2 Å². The molecule has 3 fully saturated rings. The number of hydrogen-bond donors (Lipinski definition) is 7. The Morgan fingerprint density at radius 1 is 0.777 bits per heavy atom. The molecule has 8 heterocycles. The number of benzene rings is 3. The van der Waals surface area contributed by atoms with E-state index in [-0.39, 0.29) is 80.4 Å². The second-order valence-corrected chi connectivity index (χ2v) is 24.6. The largest absolute Gasteiger partial charge is 0.507 e. The summed E-state index contributed by atoms with van der Waals surface area (Å²) in [6.45, 7) is 7.99. The number of rotatable bonds is 26. The molecule has 27 nitrogen and oxygen atoms in total. The number of piperazine rings is 1. The first-order valence-electron chi connectivity index (χ1n) is 31.9. The van der Waals surface area contributed by atoms with E-state index in [0.29, 0.717) is 93.2 Å². The Morgan fingerprint density at radius 2 is 1.51 bits per heavy atom. The van der Waals surface area contributed by atoms with Gasteiger partial charge in [-0.15, -0.1) is 10.2 Å². The second-order valence-electron chi connectivity index (χ2n) is 24.6. The lowest BCUT2D eigenvalue weighted by Crippen LogP contribution is -2.58. The summed E-state index contributed by atoms with van der Waals surface area (Å²) in [5.41, 5.74) is 6.22. The van der Waals surface area contributed by atoms with Gasteiger partial charge in [0, 0.05) is 119 Å². The molecule has 0 radical (unpaired) electrons. The van der Waals surface area contributed by atoms with Crippen LogP contribution >= 0.6 is 0 Å². The van der Waals surface area contributed by atoms with E-state index in [1.54, 1.807) is 53.4 Å². The van der Waals surface area contributed by atoms with Gasteiger partial charge in [-0.05, 0) is 85.7 Å². The van der Waals surface area contributed by atoms with Crippen LogP contribution in [-0.4, -0.2) is 190 Å². The van der Waals surface area contributed by atoms with Gasteiger partial charge >= 0.3 is 0 Å². The minimum absolute atomic E-state index is 0.0136. The summed E-state index contributed by atoms with van der Waals surface area (Å²) in [6, 6.07) is 24.0. The lowest BCUT2D eigenvalue weighted by molar-refractivity contribution is -0.138. The number of unbranched alkanes of at least 4 members (excludes halogenated alkanes) is 2. The number of nitrogens with one attached hydrogen (secondary N) is 6. The number of carbonyl (C=O) groups is 10. The van der Waals surface area contributed by atoms with Crippen LogP contribution in [0.3, 0.4) is 0 Å². The second kappa shape index (κ2) is 29.1. The fourth-order valence-corrected chi connectivity index (χ4v) is 13.1. The predicted molar refractivity (Wildman–Crippen MR) is 343 cm³/mol. The smallest absolute Gasteiger partial charge is 0.255 e. The minimum Gasteiger partial charge on any atom is -0.507 e. The van der Waals surface area contributed by atoms with Crippen LogP contribution in [0, 0.1) is 6.92 Å². The predicted octanol–water partition coefficient (Wildman–Crippen LogP) is 1.90. The van der Waals surface area contributed by atoms with E-state index in [1.807, 2.05) is 48.4 Å². The number of ether oxygens (including phenoxy) is 1. The van der Waals surface area contributed by atoms with Gasteiger partial charge in [-0.3, -0.25) is 63.1 Å². The lowest BCUT2D eigenvalue weighted by Gasteiger charge is -2.48. The van der Waals surface area contributed by atoms with Gasteiger partial charge < -0.3 is 56.0 Å². The molecule has 94 heavy (non-hydrogen) atoms. The Bertz CT molecular complexity index is 3770. The van der Waals surface area contributed by atoms with Crippen LogP contribution in [0.25, 0.3) is 11.3 Å². The normalized spacial score (nSPS) is 19.5. The Labute approximate surface area is 543 Å². The fraction of sp³-hybridized carbons (Fsp3) is 0.418. The number of aryl methyl sites for hydroxylation is 1. The highest BCUT2D eigenvalue weighted by molar-refractivity contribution is 6.13. The molecule has 492 valence electrons. The number of amides is 10. The molecule has 0 unspecified atom stereocenters. The summed E-state index contributed by atoms with van der Waals surface area (Å²) in [7, 11) is 0. The maximum atomic E-state index is 13.8. The molecule has 4 atom stereocenters. The first kappa shape index (κ1) is 65.2. The Kier molecular flexibility index (Phi) is 20.2. The summed E-state index contributed by atoms with van der Waals surface area (Å²) in [4.78, 5) is 144. The number of pyridine rings is 1. The van der Waals surface area contributed by atoms with Crippen molar-refractivity contribution in [3.8, 4) is 22.9 Å². The van der Waals surface area contributed by atoms with E-state index >= 15 is 0 Å². The molecular weight excluding hydrogens is 1210 g/mol. The van der Waals surface area contributed by atoms with Crippen molar-refractivity contribution in [1.29, 1.82) is 0 Å². The number of piperidine rings is 1. The van der Waals surface area contributed by atoms with Crippen molar-refractivity contribution in [2.45, 2.75) is 108 Å². The summed E-state index contributed by atoms with van der Waals surface area (Å²) < 4.78 is 6.80. The molecule has 0 aliphatic carbocycles. The summed E-state index contributed by atoms with van der Waals surface area (Å²) in [5.74, 6) is -3.47. The maximum absolute atomic E-state index is 13.8. The standard InChI is InChI=1S/C67H77N15O12/c1-3-67-32-47(94-65-42(2)28-44(33-71-65)37-77-24-26-78(27-25-77)46-18-17-45-38-81(66(93)49(45)30-46)52-19-20-56(85)74-64(52)92)39-82(67)53-31-50(48-14-9-10-15-54(48)83)75-76-62(53)79(40-67)41-72-58(87)35-70-63(91)51(29-43-12-6-4-7-13-43)73-59(88)36-69-57(86)34-68-55(84)16-8-5-11-23-80-60(89)21-22-61(80)90/h4,6-7,9-10,12-15,17-18,21-22,28,30-31,33,47,51-52,83H,3,5,8,11,16,19-20,23-27,29,32,34-41H2,1-2H3,(H,68,84)(H,69,86)(H,70,91)(H,72,87)(H,73,88)(H,74,85,92)/t47-,51+,52+,67+/m1/s1. The molecule has 3 saturated heterocycles. The van der Waals surface area contributed by atoms with Crippen molar-refractivity contribution in [1.82, 2.24) is 61.8 Å². The number of phenolic OH excluding ortho intramolecular Hbond substituents is 1. The molecular formula is C67H77N15O12. The van der Waals surface area contributed by atoms with Crippen LogP contribution < -0.4 is 51.3 Å². The lowest BCUT2D eigenvalue weighted by atomic mass is 9.89. The number of nitrogens with zero attached hydrogens (tertiary/aromatic N) is 9. The van der Waals surface area contributed by atoms with Crippen LogP contribution in [0.2, 0.25) is 0 Å². The fourth-order valence-electron chi connectivity index (χ4n) is 13.1. The number of hydrogen-bond acceptors (Lipinski definition) is 19. The SMILES string of the molecule is CC[C@@]12C[C@@H](Oc3ncc(CN4CCN(c5ccc6c(c5)C(=O)N([C@H]5CCC(=O)NC5=O)C6)CC4)cc3C)CN1c1cc(-c3ccccc3O)nnc1N(CNC(=O)CNC(=O)[C@H](Cc1ccccc1)NC(=O)CNC(=O)CNC(=O)CCCCCN1C(=O)C=CC1=O)C2. The zero-order valence-electron chi connectivity index (χ0n) is 52.6. The van der Waals surface area contributed by atoms with Gasteiger partial charge in [0.1, 0.15) is 23.9 Å². The summed E-state index contributed by atoms with van der Waals surface area (Å²) >= 11 is 0. The van der Waals surface area contributed by atoms with E-state index in [4.69, 9.17) is 14.8 Å². The third-order valence-corrected chi connectivity index (χ3v) is 18.2. The molecule has 6 aliphatic rings. The van der Waals surface area contributed by atoms with E-state index < -0.39 is 60.2 Å². The number of imide groups is 2. The third kappa shape index (κ3) is 15.3. The van der Waals surface area contributed by atoms with Crippen LogP contribution in [0.4, 0.5) is 17.2 Å². The number of aromatic nitrogens is 3. The van der Waals surface area contributed by atoms with Crippen molar-refractivity contribution in [2.75, 3.05) is 86.8 Å². The van der Waals surface area contributed by atoms with Crippen LogP contribution in [-0.2, 0) is 62.7 Å². The molecule has 0 saturated carbocycles. The zero-order chi connectivity index (χ0) is 66.0. The van der Waals surface area contributed by atoms with Crippen molar-refractivity contribution < 1.29 is 57.8 Å². The number of phenols is 1. The molecule has 3 aromatic carbocycles. The first-order chi connectivity index (χ1) is 45.4. The molecule has 0 bridgehead atoms. The molecule has 5 aromatic rings. The van der Waals surface area contributed by atoms with Gasteiger partial charge in [-0.25, -0.2) is 4.98 Å². The number of anilines is 3. The van der Waals surface area contributed by atoms with Crippen LogP contribution in [0.5, 0.6) is 11.6 Å². The van der Waals surface area contributed by atoms with E-state index in [0.717, 1.165) is 64.7 Å². The molecule has 10 amide bonds. The van der Waals surface area contributed by atoms with E-state index in [2.05, 4.69) is 64.7 Å². The van der Waals surface area contributed by atoms with Gasteiger partial charge in [0.05, 0.1) is 49.8 Å². The Hall–Kier alpha value is -10.3. The molecule has 0 spiro atoms. The van der Waals surface area contributed by atoms with Gasteiger partial charge in [-0.2, -0.15) is 0 Å². The minimum atomic E-state index is -1.14. The molecule has 6 aliphatic heterocycles. The molecule has 2 aromatic heterocycles. The van der Waals surface area contributed by atoms with E-state index in [9.17, 15) is 53.1 Å². The average Bonchev–Trinajstić information content (AvgIpc) is 1.45. The monoisotopic (exact) mass is 1280 g/mol. The molecule has 27 heteroatoms. The number of carbonyl (C=O) groups excluding carboxylic acids is 10. The topological polar surface area (TPSA) is 330 Å². The summed E-state index contributed by atoms with van der Waals surface area (Å²) in [5, 5.41) is 35.8. The maximum Gasteiger partial charge on any atom is 0.255 e. The van der Waals surface area contributed by atoms with Gasteiger partial charge in [0.15, 0.2) is 5.82 Å². The third-order valence-electron chi connectivity index (χ3n) is 18.2. The molecule has 7 N–H and O–H groups in total. The van der Waals surface area contributed by atoms with Gasteiger partial charge in [0.2, 0.25) is 47.2 Å². The first-order valence-corrected chi connectivity index (χ1v) is 31.9. The van der Waals surface area contributed by atoms with Gasteiger partial charge in [-0.1, -0.05) is 61.9 Å². The van der Waals surface area contributed by atoms with Crippen LogP contribution in [0.15, 0.2) is 103 Å². The highest BCUT2D eigenvalue weighted by atomic mass is 16.5. The van der Waals surface area contributed by atoms with Crippen molar-refractivity contribution in [2.24, 2.45) is 0 Å². The Balaban J connectivity index is 0.671. The van der Waals surface area contributed by atoms with Crippen molar-refractivity contribution in [3.63, 3.8) is 0 Å². The Morgan fingerprint density at radius 3 is 2.27 bits per heavy atom. The zero-order valence-corrected chi connectivity index (χ0v) is 52.6. The number of fused-ring (bicyclic) bond motifs is 4. The van der Waals surface area contributed by atoms with Crippen LogP contribution in [0.1, 0.15) is 90.9 Å². The average molecular weight is 1280 g/mol. The number of aromatic hydroxyl groups is 1. The quantitative estimate of drug-likeness (QED) is 0.0307. The summed E-state index contributed by atoms with van der Waals surface area (Å²) in [6.07, 6.45) is 7.54. The highest BCUT2D eigenvalue weighted by Crippen LogP contribution is 2.47. The molecule has 11 rings (SSSR count). The van der Waals surface area contributed by atoms with Crippen molar-refractivity contribution in [3.05, 3.63) is 131 Å². The van der Waals surface area contributed by atoms with Gasteiger partial charge in [0.25, 0.3) is 17.7 Å². The van der Waals surface area contributed by atoms with Crippen molar-refractivity contribution >= 4 is 76.3 Å². The highest BCUT2D eigenvalue weighted by Gasteiger charge is 2.51. The number of para-hydroxylation sites is 1.